The number of furan rings is 1. The number of nitro benzene ring substituents is 1. The van der Waals surface area contributed by atoms with E-state index in [1.165, 1.54) is 31.6 Å². The minimum Gasteiger partial charge on any atom is -0.502 e. The van der Waals surface area contributed by atoms with Gasteiger partial charge >= 0.3 is 0 Å². The van der Waals surface area contributed by atoms with Crippen LogP contribution in [-0.4, -0.2) is 35.1 Å². The predicted molar refractivity (Wildman–Crippen MR) is 140 cm³/mol. The molecule has 0 spiro atoms. The van der Waals surface area contributed by atoms with Gasteiger partial charge in [0.1, 0.15) is 17.0 Å². The second-order valence-electron chi connectivity index (χ2n) is 7.74. The second kappa shape index (κ2) is 9.99. The van der Waals surface area contributed by atoms with E-state index in [-0.39, 0.29) is 28.6 Å². The molecule has 3 aromatic carbocycles. The van der Waals surface area contributed by atoms with Crippen molar-refractivity contribution in [2.24, 2.45) is 10.1 Å². The lowest BCUT2D eigenvalue weighted by atomic mass is 10.2. The summed E-state index contributed by atoms with van der Waals surface area (Å²) in [6.45, 7) is 0. The van der Waals surface area contributed by atoms with E-state index < -0.39 is 4.92 Å². The molecule has 0 amide bonds. The van der Waals surface area contributed by atoms with Crippen molar-refractivity contribution >= 4 is 39.9 Å². The lowest BCUT2D eigenvalue weighted by Crippen LogP contribution is -2.11. The van der Waals surface area contributed by atoms with Gasteiger partial charge in [-0.1, -0.05) is 30.3 Å². The number of nitro groups is 1. The van der Waals surface area contributed by atoms with Gasteiger partial charge in [-0.05, 0) is 30.3 Å². The lowest BCUT2D eigenvalue weighted by Gasteiger charge is -2.09. The Kier molecular flexibility index (Phi) is 6.43. The molecule has 0 aliphatic rings. The molecule has 11 heteroatoms. The van der Waals surface area contributed by atoms with Crippen LogP contribution >= 0.6 is 11.3 Å². The van der Waals surface area contributed by atoms with E-state index in [0.717, 1.165) is 5.39 Å². The fraction of sp³-hybridized carbons (Fsp3) is 0.0769. The number of benzene rings is 3. The topological polar surface area (TPSA) is 125 Å². The summed E-state index contributed by atoms with van der Waals surface area (Å²) in [4.78, 5) is 16.0. The first-order chi connectivity index (χ1) is 18.0. The smallest absolute Gasteiger partial charge is 0.294 e. The van der Waals surface area contributed by atoms with Crippen LogP contribution in [0, 0.1) is 10.1 Å². The number of phenols is 1. The zero-order valence-electron chi connectivity index (χ0n) is 19.7. The van der Waals surface area contributed by atoms with E-state index in [1.54, 1.807) is 41.2 Å². The van der Waals surface area contributed by atoms with Gasteiger partial charge in [-0.15, -0.1) is 11.3 Å². The highest BCUT2D eigenvalue weighted by molar-refractivity contribution is 7.07. The van der Waals surface area contributed by atoms with E-state index >= 15 is 0 Å². The number of thiazole rings is 1. The maximum atomic E-state index is 11.5. The number of fused-ring (bicyclic) bond motifs is 1. The minimum absolute atomic E-state index is 0.121. The van der Waals surface area contributed by atoms with Crippen LogP contribution in [0.1, 0.15) is 5.56 Å². The van der Waals surface area contributed by atoms with Crippen molar-refractivity contribution in [3.8, 4) is 28.7 Å². The molecule has 2 aromatic heterocycles. The van der Waals surface area contributed by atoms with Crippen LogP contribution in [0.15, 0.2) is 86.6 Å². The molecule has 0 bridgehead atoms. The largest absolute Gasteiger partial charge is 0.502 e. The van der Waals surface area contributed by atoms with Gasteiger partial charge in [0.05, 0.1) is 25.4 Å². The van der Waals surface area contributed by atoms with E-state index in [0.29, 0.717) is 27.4 Å². The number of aromatic nitrogens is 1. The van der Waals surface area contributed by atoms with Gasteiger partial charge in [-0.25, -0.2) is 9.67 Å². The van der Waals surface area contributed by atoms with Crippen LogP contribution in [-0.2, 0) is 0 Å². The summed E-state index contributed by atoms with van der Waals surface area (Å²) in [5.41, 5.74) is 1.97. The normalized spacial score (nSPS) is 11.9. The number of para-hydroxylation sites is 3. The molecular weight excluding hydrogens is 496 g/mol. The number of rotatable bonds is 7. The third-order valence-electron chi connectivity index (χ3n) is 5.48. The highest BCUT2D eigenvalue weighted by atomic mass is 32.1. The Bertz CT molecular complexity index is 1660. The fourth-order valence-electron chi connectivity index (χ4n) is 3.70. The molecule has 5 rings (SSSR count). The van der Waals surface area contributed by atoms with Crippen LogP contribution in [0.5, 0.6) is 17.2 Å². The molecule has 2 heterocycles. The minimum atomic E-state index is -0.477. The Hall–Kier alpha value is -4.90. The van der Waals surface area contributed by atoms with E-state index in [9.17, 15) is 15.2 Å². The first-order valence-corrected chi connectivity index (χ1v) is 11.8. The average molecular weight is 517 g/mol. The first-order valence-electron chi connectivity index (χ1n) is 11.0. The molecule has 0 aliphatic carbocycles. The van der Waals surface area contributed by atoms with Crippen LogP contribution in [0.4, 0.5) is 11.4 Å². The molecule has 0 fully saturated rings. The van der Waals surface area contributed by atoms with Gasteiger partial charge in [0.25, 0.3) is 5.69 Å². The van der Waals surface area contributed by atoms with Gasteiger partial charge in [-0.2, -0.15) is 5.10 Å². The highest BCUT2D eigenvalue weighted by Crippen LogP contribution is 2.37. The summed E-state index contributed by atoms with van der Waals surface area (Å²) >= 11 is 1.26. The van der Waals surface area contributed by atoms with E-state index in [4.69, 9.17) is 13.9 Å². The molecule has 5 aromatic rings. The summed E-state index contributed by atoms with van der Waals surface area (Å²) < 4.78 is 18.1. The standard InChI is InChI=1S/C26H20N4O6S/c1-34-23-11-16(12-24(35-2)25(23)31)14-27-29-20(22-13-17-7-3-6-10-21(17)36-22)15-37-26(29)28-18-8-4-5-9-19(18)30(32)33/h3-15,31H,1-2H3. The van der Waals surface area contributed by atoms with Crippen molar-refractivity contribution in [3.63, 3.8) is 0 Å². The number of nitrogens with zero attached hydrogens (tertiary/aromatic N) is 4. The SMILES string of the molecule is COc1cc(C=Nn2c(-c3cc4ccccc4o3)csc2=Nc2ccccc2[N+](=O)[O-])cc(OC)c1O. The monoisotopic (exact) mass is 516 g/mol. The summed E-state index contributed by atoms with van der Waals surface area (Å²) in [6.07, 6.45) is 1.54. The summed E-state index contributed by atoms with van der Waals surface area (Å²) in [5, 5.41) is 29.1. The third-order valence-corrected chi connectivity index (χ3v) is 6.30. The molecule has 0 radical (unpaired) electrons. The third kappa shape index (κ3) is 4.67. The Morgan fingerprint density at radius 3 is 2.46 bits per heavy atom. The van der Waals surface area contributed by atoms with Crippen molar-refractivity contribution in [3.05, 3.63) is 92.6 Å². The van der Waals surface area contributed by atoms with Crippen molar-refractivity contribution in [2.75, 3.05) is 14.2 Å². The molecule has 186 valence electrons. The average Bonchev–Trinajstić information content (AvgIpc) is 3.52. The molecular formula is C26H20N4O6S. The van der Waals surface area contributed by atoms with Crippen LogP contribution in [0.3, 0.4) is 0 Å². The number of aromatic hydroxyl groups is 1. The zero-order valence-corrected chi connectivity index (χ0v) is 20.5. The molecule has 1 N–H and O–H groups in total. The predicted octanol–water partition coefficient (Wildman–Crippen LogP) is 5.71. The lowest BCUT2D eigenvalue weighted by molar-refractivity contribution is -0.384. The molecule has 0 saturated carbocycles. The Labute approximate surface area is 214 Å². The first kappa shape index (κ1) is 23.8. The van der Waals surface area contributed by atoms with Gasteiger partial charge in [0.2, 0.25) is 10.6 Å². The number of hydrogen-bond donors (Lipinski definition) is 1. The van der Waals surface area contributed by atoms with Gasteiger partial charge in [0, 0.05) is 22.4 Å². The Morgan fingerprint density at radius 2 is 1.76 bits per heavy atom. The highest BCUT2D eigenvalue weighted by Gasteiger charge is 2.16. The summed E-state index contributed by atoms with van der Waals surface area (Å²) in [6, 6.07) is 19.0. The summed E-state index contributed by atoms with van der Waals surface area (Å²) in [7, 11) is 2.87. The van der Waals surface area contributed by atoms with Crippen molar-refractivity contribution in [2.45, 2.75) is 0 Å². The van der Waals surface area contributed by atoms with E-state index in [1.807, 2.05) is 35.7 Å². The number of methoxy groups -OCH3 is 2. The van der Waals surface area contributed by atoms with Crippen molar-refractivity contribution in [1.82, 2.24) is 4.68 Å². The maximum Gasteiger partial charge on any atom is 0.294 e. The van der Waals surface area contributed by atoms with Crippen molar-refractivity contribution < 1.29 is 23.9 Å². The fourth-order valence-corrected chi connectivity index (χ4v) is 4.53. The number of phenolic OH excluding ortho intramolecular Hbond substituents is 1. The van der Waals surface area contributed by atoms with E-state index in [2.05, 4.69) is 10.1 Å². The second-order valence-corrected chi connectivity index (χ2v) is 8.58. The molecule has 0 saturated heterocycles. The Balaban J connectivity index is 1.69. The van der Waals surface area contributed by atoms with Gasteiger partial charge in [0.15, 0.2) is 17.3 Å². The molecule has 37 heavy (non-hydrogen) atoms. The van der Waals surface area contributed by atoms with Crippen LogP contribution in [0.25, 0.3) is 22.4 Å². The van der Waals surface area contributed by atoms with Gasteiger partial charge in [-0.3, -0.25) is 10.1 Å². The van der Waals surface area contributed by atoms with Crippen LogP contribution < -0.4 is 14.3 Å². The number of ether oxygens (including phenoxy) is 2. The quantitative estimate of drug-likeness (QED) is 0.168. The molecule has 0 aliphatic heterocycles. The Morgan fingerprint density at radius 1 is 1.05 bits per heavy atom. The zero-order chi connectivity index (χ0) is 25.9. The molecule has 0 unspecified atom stereocenters. The van der Waals surface area contributed by atoms with Crippen LogP contribution in [0.2, 0.25) is 0 Å². The molecule has 0 atom stereocenters. The molecule has 10 nitrogen and oxygen atoms in total. The summed E-state index contributed by atoms with van der Waals surface area (Å²) in [5.74, 6) is 0.872. The maximum absolute atomic E-state index is 11.5. The van der Waals surface area contributed by atoms with Crippen molar-refractivity contribution in [1.29, 1.82) is 0 Å². The van der Waals surface area contributed by atoms with Gasteiger partial charge < -0.3 is 19.0 Å². The number of hydrogen-bond acceptors (Lipinski definition) is 9.